The zero-order valence-corrected chi connectivity index (χ0v) is 11.5. The molecular formula is C13H17N3O2S. The van der Waals surface area contributed by atoms with E-state index in [4.69, 9.17) is 0 Å². The molecule has 1 saturated carbocycles. The molecule has 19 heavy (non-hydrogen) atoms. The predicted octanol–water partition coefficient (Wildman–Crippen LogP) is 1.90. The Hall–Kier alpha value is -1.56. The molecule has 0 spiro atoms. The molecule has 1 aliphatic carbocycles. The summed E-state index contributed by atoms with van der Waals surface area (Å²) in [6.45, 7) is 1.75. The Morgan fingerprint density at radius 2 is 2.37 bits per heavy atom. The van der Waals surface area contributed by atoms with Crippen molar-refractivity contribution in [3.05, 3.63) is 22.4 Å². The molecule has 1 saturated heterocycles. The van der Waals surface area contributed by atoms with E-state index in [1.54, 1.807) is 11.3 Å². The lowest BCUT2D eigenvalue weighted by molar-refractivity contribution is 0.161. The lowest BCUT2D eigenvalue weighted by atomic mass is 10.3. The summed E-state index contributed by atoms with van der Waals surface area (Å²) in [6, 6.07) is 4.06. The van der Waals surface area contributed by atoms with Crippen LogP contribution in [0.15, 0.2) is 17.5 Å². The fraction of sp³-hybridized carbons (Fsp3) is 0.538. The summed E-state index contributed by atoms with van der Waals surface area (Å²) in [5.74, 6) is 0. The number of rotatable bonds is 4. The molecule has 2 aliphatic rings. The summed E-state index contributed by atoms with van der Waals surface area (Å²) in [7, 11) is 0. The Morgan fingerprint density at radius 1 is 1.53 bits per heavy atom. The van der Waals surface area contributed by atoms with E-state index in [0.29, 0.717) is 25.7 Å². The van der Waals surface area contributed by atoms with Crippen molar-refractivity contribution in [3.63, 3.8) is 0 Å². The quantitative estimate of drug-likeness (QED) is 0.915. The van der Waals surface area contributed by atoms with Crippen LogP contribution >= 0.6 is 11.3 Å². The van der Waals surface area contributed by atoms with Crippen molar-refractivity contribution in [3.8, 4) is 0 Å². The number of nitrogens with zero attached hydrogens (tertiary/aromatic N) is 2. The van der Waals surface area contributed by atoms with Crippen molar-refractivity contribution < 1.29 is 9.59 Å². The van der Waals surface area contributed by atoms with Gasteiger partial charge in [-0.2, -0.15) is 0 Å². The van der Waals surface area contributed by atoms with Crippen LogP contribution in [-0.4, -0.2) is 47.5 Å². The average molecular weight is 279 g/mol. The molecule has 6 heteroatoms. The largest absolute Gasteiger partial charge is 0.336 e. The van der Waals surface area contributed by atoms with Crippen LogP contribution in [0.4, 0.5) is 9.59 Å². The minimum atomic E-state index is -0.258. The summed E-state index contributed by atoms with van der Waals surface area (Å²) < 4.78 is 0. The van der Waals surface area contributed by atoms with E-state index in [1.807, 2.05) is 16.3 Å². The summed E-state index contributed by atoms with van der Waals surface area (Å²) in [5, 5.41) is 4.72. The molecular weight excluding hydrogens is 262 g/mol. The molecule has 0 bridgehead atoms. The smallest absolute Gasteiger partial charge is 0.328 e. The second-order valence-corrected chi connectivity index (χ2v) is 5.95. The van der Waals surface area contributed by atoms with Crippen LogP contribution in [0.3, 0.4) is 0 Å². The minimum Gasteiger partial charge on any atom is -0.336 e. The first-order valence-corrected chi connectivity index (χ1v) is 7.52. The van der Waals surface area contributed by atoms with Crippen LogP contribution in [0.2, 0.25) is 0 Å². The summed E-state index contributed by atoms with van der Waals surface area (Å²) in [4.78, 5) is 28.4. The fourth-order valence-corrected chi connectivity index (χ4v) is 3.01. The molecule has 4 amide bonds. The van der Waals surface area contributed by atoms with E-state index in [-0.39, 0.29) is 12.1 Å². The lowest BCUT2D eigenvalue weighted by Crippen LogP contribution is -2.46. The standard InChI is InChI=1S/C13H17N3O2S/c17-12-14-6-8-16(12)13(18)15(10-3-4-10)7-5-11-2-1-9-19-11/h1-2,9-10H,3-8H2,(H,14,17). The first-order valence-electron chi connectivity index (χ1n) is 6.64. The van der Waals surface area contributed by atoms with Crippen LogP contribution in [0.25, 0.3) is 0 Å². The van der Waals surface area contributed by atoms with E-state index < -0.39 is 0 Å². The molecule has 3 rings (SSSR count). The molecule has 1 aromatic rings. The van der Waals surface area contributed by atoms with Gasteiger partial charge in [0.1, 0.15) is 0 Å². The highest BCUT2D eigenvalue weighted by molar-refractivity contribution is 7.09. The average Bonchev–Trinajstić information content (AvgIpc) is 2.92. The van der Waals surface area contributed by atoms with Gasteiger partial charge in [0.05, 0.1) is 0 Å². The molecule has 1 N–H and O–H groups in total. The number of nitrogens with one attached hydrogen (secondary N) is 1. The van der Waals surface area contributed by atoms with Crippen molar-refractivity contribution in [1.29, 1.82) is 0 Å². The summed E-state index contributed by atoms with van der Waals surface area (Å²) >= 11 is 1.71. The van der Waals surface area contributed by atoms with Crippen molar-refractivity contribution in [1.82, 2.24) is 15.1 Å². The third-order valence-electron chi connectivity index (χ3n) is 3.50. The Morgan fingerprint density at radius 3 is 2.95 bits per heavy atom. The van der Waals surface area contributed by atoms with Crippen molar-refractivity contribution >= 4 is 23.4 Å². The van der Waals surface area contributed by atoms with Crippen molar-refractivity contribution in [2.75, 3.05) is 19.6 Å². The fourth-order valence-electron chi connectivity index (χ4n) is 2.32. The summed E-state index contributed by atoms with van der Waals surface area (Å²) in [6.07, 6.45) is 2.99. The van der Waals surface area contributed by atoms with Crippen LogP contribution in [0.1, 0.15) is 17.7 Å². The van der Waals surface area contributed by atoms with Gasteiger partial charge < -0.3 is 10.2 Å². The maximum Gasteiger partial charge on any atom is 0.328 e. The molecule has 2 heterocycles. The van der Waals surface area contributed by atoms with Gasteiger partial charge in [0.15, 0.2) is 0 Å². The molecule has 1 aromatic heterocycles. The van der Waals surface area contributed by atoms with Gasteiger partial charge in [0.2, 0.25) is 0 Å². The number of amides is 4. The number of hydrogen-bond donors (Lipinski definition) is 1. The van der Waals surface area contributed by atoms with E-state index in [9.17, 15) is 9.59 Å². The Bertz CT molecular complexity index is 470. The zero-order chi connectivity index (χ0) is 13.2. The maximum absolute atomic E-state index is 12.4. The lowest BCUT2D eigenvalue weighted by Gasteiger charge is -2.26. The van der Waals surface area contributed by atoms with Gasteiger partial charge in [-0.05, 0) is 30.7 Å². The van der Waals surface area contributed by atoms with E-state index in [0.717, 1.165) is 19.3 Å². The number of imide groups is 1. The van der Waals surface area contributed by atoms with Gasteiger partial charge in [0, 0.05) is 30.6 Å². The van der Waals surface area contributed by atoms with Gasteiger partial charge in [-0.25, -0.2) is 14.5 Å². The Kier molecular flexibility index (Phi) is 3.42. The van der Waals surface area contributed by atoms with Gasteiger partial charge in [-0.1, -0.05) is 6.07 Å². The van der Waals surface area contributed by atoms with E-state index in [2.05, 4.69) is 11.4 Å². The Balaban J connectivity index is 1.63. The molecule has 5 nitrogen and oxygen atoms in total. The number of urea groups is 2. The first-order chi connectivity index (χ1) is 9.25. The van der Waals surface area contributed by atoms with Crippen molar-refractivity contribution in [2.45, 2.75) is 25.3 Å². The van der Waals surface area contributed by atoms with Gasteiger partial charge in [-0.15, -0.1) is 11.3 Å². The van der Waals surface area contributed by atoms with Crippen LogP contribution in [-0.2, 0) is 6.42 Å². The molecule has 2 fully saturated rings. The topological polar surface area (TPSA) is 52.7 Å². The molecule has 0 unspecified atom stereocenters. The molecule has 102 valence electrons. The van der Waals surface area contributed by atoms with Crippen molar-refractivity contribution in [2.24, 2.45) is 0 Å². The third-order valence-corrected chi connectivity index (χ3v) is 4.44. The third kappa shape index (κ3) is 2.73. The monoisotopic (exact) mass is 279 g/mol. The highest BCUT2D eigenvalue weighted by Crippen LogP contribution is 2.28. The maximum atomic E-state index is 12.4. The van der Waals surface area contributed by atoms with Crippen LogP contribution in [0.5, 0.6) is 0 Å². The highest BCUT2D eigenvalue weighted by atomic mass is 32.1. The SMILES string of the molecule is O=C1NCCN1C(=O)N(CCc1cccs1)C1CC1. The van der Waals surface area contributed by atoms with Gasteiger partial charge >= 0.3 is 12.1 Å². The first kappa shape index (κ1) is 12.5. The highest BCUT2D eigenvalue weighted by Gasteiger charge is 2.37. The minimum absolute atomic E-state index is 0.131. The number of hydrogen-bond acceptors (Lipinski definition) is 3. The predicted molar refractivity (Wildman–Crippen MR) is 73.3 cm³/mol. The van der Waals surface area contributed by atoms with E-state index >= 15 is 0 Å². The second kappa shape index (κ2) is 5.21. The molecule has 0 aromatic carbocycles. The zero-order valence-electron chi connectivity index (χ0n) is 10.7. The Labute approximate surface area is 116 Å². The molecule has 0 radical (unpaired) electrons. The van der Waals surface area contributed by atoms with Gasteiger partial charge in [-0.3, -0.25) is 0 Å². The normalized spacial score (nSPS) is 18.5. The number of carbonyl (C=O) groups excluding carboxylic acids is 2. The van der Waals surface area contributed by atoms with Crippen LogP contribution < -0.4 is 5.32 Å². The summed E-state index contributed by atoms with van der Waals surface area (Å²) in [5.41, 5.74) is 0. The number of carbonyl (C=O) groups is 2. The van der Waals surface area contributed by atoms with Gasteiger partial charge in [0.25, 0.3) is 0 Å². The second-order valence-electron chi connectivity index (χ2n) is 4.92. The number of thiophene rings is 1. The molecule has 0 atom stereocenters. The molecule has 1 aliphatic heterocycles. The van der Waals surface area contributed by atoms with Crippen LogP contribution in [0, 0.1) is 0 Å². The van der Waals surface area contributed by atoms with E-state index in [1.165, 1.54) is 9.78 Å².